The largest absolute Gasteiger partial charge is 0.325 e. The molecular weight excluding hydrogens is 269 g/mol. The van der Waals surface area contributed by atoms with Gasteiger partial charge in [0, 0.05) is 18.3 Å². The molecule has 1 aromatic rings. The van der Waals surface area contributed by atoms with Gasteiger partial charge in [0.05, 0.1) is 6.54 Å². The van der Waals surface area contributed by atoms with Crippen LogP contribution in [0.3, 0.4) is 0 Å². The number of likely N-dealkylation sites (tertiary alicyclic amines) is 1. The molecule has 4 nitrogen and oxygen atoms in total. The molecule has 2 N–H and O–H groups in total. The Labute approximate surface area is 124 Å². The van der Waals surface area contributed by atoms with Gasteiger partial charge in [0.15, 0.2) is 0 Å². The Hall–Kier alpha value is -1.46. The van der Waals surface area contributed by atoms with Gasteiger partial charge in [-0.3, -0.25) is 9.69 Å². The Morgan fingerprint density at radius 3 is 3.05 bits per heavy atom. The minimum absolute atomic E-state index is 0.0662. The molecule has 2 aliphatic rings. The third-order valence-corrected chi connectivity index (χ3v) is 4.88. The molecule has 2 aliphatic heterocycles. The molecule has 1 aromatic carbocycles. The van der Waals surface area contributed by atoms with Crippen LogP contribution in [0.15, 0.2) is 18.2 Å². The van der Waals surface area contributed by atoms with Crippen LogP contribution in [0, 0.1) is 24.6 Å². The van der Waals surface area contributed by atoms with Crippen LogP contribution < -0.4 is 10.6 Å². The molecule has 3 rings (SSSR count). The minimum atomic E-state index is -0.328. The maximum Gasteiger partial charge on any atom is 0.238 e. The van der Waals surface area contributed by atoms with E-state index in [0.29, 0.717) is 30.1 Å². The van der Waals surface area contributed by atoms with E-state index in [2.05, 4.69) is 22.5 Å². The molecule has 21 heavy (non-hydrogen) atoms. The molecule has 0 radical (unpaired) electrons. The van der Waals surface area contributed by atoms with Crippen LogP contribution in [0.25, 0.3) is 0 Å². The first-order valence-corrected chi connectivity index (χ1v) is 7.55. The third kappa shape index (κ3) is 2.94. The van der Waals surface area contributed by atoms with Crippen molar-refractivity contribution in [1.82, 2.24) is 10.2 Å². The quantitative estimate of drug-likeness (QED) is 0.889. The highest BCUT2D eigenvalue weighted by atomic mass is 19.1. The molecule has 0 aromatic heterocycles. The van der Waals surface area contributed by atoms with Crippen molar-refractivity contribution >= 4 is 11.6 Å². The number of halogens is 1. The maximum atomic E-state index is 13.3. The summed E-state index contributed by atoms with van der Waals surface area (Å²) in [6.45, 7) is 7.50. The van der Waals surface area contributed by atoms with Gasteiger partial charge >= 0.3 is 0 Å². The fourth-order valence-electron chi connectivity index (χ4n) is 3.57. The number of hydrogen-bond acceptors (Lipinski definition) is 3. The lowest BCUT2D eigenvalue weighted by Gasteiger charge is -2.23. The number of amides is 1. The van der Waals surface area contributed by atoms with E-state index in [1.165, 1.54) is 12.1 Å². The van der Waals surface area contributed by atoms with E-state index in [4.69, 9.17) is 0 Å². The smallest absolute Gasteiger partial charge is 0.238 e. The van der Waals surface area contributed by atoms with Crippen LogP contribution in [0.1, 0.15) is 12.5 Å². The Morgan fingerprint density at radius 2 is 2.29 bits per heavy atom. The number of rotatable bonds is 3. The summed E-state index contributed by atoms with van der Waals surface area (Å²) in [5, 5.41) is 6.24. The van der Waals surface area contributed by atoms with E-state index in [-0.39, 0.29) is 11.7 Å². The van der Waals surface area contributed by atoms with Crippen LogP contribution >= 0.6 is 0 Å². The first-order valence-electron chi connectivity index (χ1n) is 7.55. The summed E-state index contributed by atoms with van der Waals surface area (Å²) in [6.07, 6.45) is 0. The second-order valence-electron chi connectivity index (χ2n) is 6.26. The lowest BCUT2D eigenvalue weighted by Crippen LogP contribution is -2.39. The summed E-state index contributed by atoms with van der Waals surface area (Å²) in [6, 6.07) is 4.88. The molecule has 114 valence electrons. The summed E-state index contributed by atoms with van der Waals surface area (Å²) in [5.41, 5.74) is 1.44. The van der Waals surface area contributed by atoms with E-state index in [1.807, 2.05) is 6.92 Å². The predicted molar refractivity (Wildman–Crippen MR) is 80.7 cm³/mol. The second kappa shape index (κ2) is 5.73. The zero-order valence-electron chi connectivity index (χ0n) is 12.5. The molecule has 0 saturated carbocycles. The summed E-state index contributed by atoms with van der Waals surface area (Å²) in [4.78, 5) is 14.4. The molecule has 2 heterocycles. The number of benzene rings is 1. The van der Waals surface area contributed by atoms with Gasteiger partial charge in [-0.05, 0) is 56.5 Å². The van der Waals surface area contributed by atoms with Crippen molar-refractivity contribution in [2.24, 2.45) is 11.8 Å². The normalized spacial score (nSPS) is 28.6. The molecular formula is C16H22FN3O. The lowest BCUT2D eigenvalue weighted by molar-refractivity contribution is -0.117. The average Bonchev–Trinajstić information content (AvgIpc) is 2.99. The van der Waals surface area contributed by atoms with Gasteiger partial charge in [0.25, 0.3) is 0 Å². The highest BCUT2D eigenvalue weighted by Gasteiger charge is 2.42. The molecule has 1 amide bonds. The third-order valence-electron chi connectivity index (χ3n) is 4.88. The Kier molecular flexibility index (Phi) is 3.95. The van der Waals surface area contributed by atoms with Gasteiger partial charge < -0.3 is 10.6 Å². The van der Waals surface area contributed by atoms with Crippen LogP contribution in [0.5, 0.6) is 0 Å². The summed E-state index contributed by atoms with van der Waals surface area (Å²) in [7, 11) is 0. The second-order valence-corrected chi connectivity index (χ2v) is 6.26. The van der Waals surface area contributed by atoms with Crippen molar-refractivity contribution in [3.63, 3.8) is 0 Å². The fraction of sp³-hybridized carbons (Fsp3) is 0.562. The van der Waals surface area contributed by atoms with Crippen molar-refractivity contribution in [3.05, 3.63) is 29.6 Å². The van der Waals surface area contributed by atoms with Gasteiger partial charge in [-0.2, -0.15) is 0 Å². The lowest BCUT2D eigenvalue weighted by atomic mass is 9.95. The topological polar surface area (TPSA) is 44.4 Å². The SMILES string of the molecule is Cc1ccc(F)cc1NC(=O)CN1CC2CNCC2C1C. The predicted octanol–water partition coefficient (Wildman–Crippen LogP) is 1.61. The number of carbonyl (C=O) groups is 1. The zero-order chi connectivity index (χ0) is 15.0. The molecule has 2 fully saturated rings. The van der Waals surface area contributed by atoms with Gasteiger partial charge in [0.2, 0.25) is 5.91 Å². The van der Waals surface area contributed by atoms with Crippen molar-refractivity contribution in [1.29, 1.82) is 0 Å². The van der Waals surface area contributed by atoms with Crippen molar-refractivity contribution in [2.75, 3.05) is 31.5 Å². The van der Waals surface area contributed by atoms with E-state index in [0.717, 1.165) is 25.2 Å². The number of anilines is 1. The Morgan fingerprint density at radius 1 is 1.48 bits per heavy atom. The number of aryl methyl sites for hydroxylation is 1. The van der Waals surface area contributed by atoms with E-state index in [1.54, 1.807) is 6.07 Å². The minimum Gasteiger partial charge on any atom is -0.325 e. The van der Waals surface area contributed by atoms with Crippen LogP contribution in [-0.2, 0) is 4.79 Å². The molecule has 0 spiro atoms. The summed E-state index contributed by atoms with van der Waals surface area (Å²) >= 11 is 0. The molecule has 3 unspecified atom stereocenters. The standard InChI is InChI=1S/C16H22FN3O/c1-10-3-4-13(17)5-15(10)19-16(21)9-20-8-12-6-18-7-14(12)11(20)2/h3-5,11-12,14,18H,6-9H2,1-2H3,(H,19,21). The van der Waals surface area contributed by atoms with Gasteiger partial charge in [-0.1, -0.05) is 6.07 Å². The summed E-state index contributed by atoms with van der Waals surface area (Å²) < 4.78 is 13.3. The maximum absolute atomic E-state index is 13.3. The van der Waals surface area contributed by atoms with Crippen molar-refractivity contribution in [3.8, 4) is 0 Å². The monoisotopic (exact) mass is 291 g/mol. The van der Waals surface area contributed by atoms with E-state index in [9.17, 15) is 9.18 Å². The molecule has 0 aliphatic carbocycles. The zero-order valence-corrected chi connectivity index (χ0v) is 12.5. The first kappa shape index (κ1) is 14.5. The summed E-state index contributed by atoms with van der Waals surface area (Å²) in [5.74, 6) is 0.909. The van der Waals surface area contributed by atoms with Crippen molar-refractivity contribution < 1.29 is 9.18 Å². The highest BCUT2D eigenvalue weighted by molar-refractivity contribution is 5.93. The average molecular weight is 291 g/mol. The van der Waals surface area contributed by atoms with E-state index < -0.39 is 0 Å². The highest BCUT2D eigenvalue weighted by Crippen LogP contribution is 2.31. The number of carbonyl (C=O) groups excluding carboxylic acids is 1. The number of hydrogen-bond donors (Lipinski definition) is 2. The Bertz CT molecular complexity index is 548. The van der Waals surface area contributed by atoms with E-state index >= 15 is 0 Å². The van der Waals surface area contributed by atoms with Crippen LogP contribution in [-0.4, -0.2) is 43.0 Å². The number of fused-ring (bicyclic) bond motifs is 1. The van der Waals surface area contributed by atoms with Gasteiger partial charge in [-0.15, -0.1) is 0 Å². The molecule has 2 saturated heterocycles. The first-order chi connectivity index (χ1) is 10.0. The van der Waals surface area contributed by atoms with Crippen molar-refractivity contribution in [2.45, 2.75) is 19.9 Å². The molecule has 5 heteroatoms. The van der Waals surface area contributed by atoms with Crippen LogP contribution in [0.2, 0.25) is 0 Å². The number of nitrogens with zero attached hydrogens (tertiary/aromatic N) is 1. The number of nitrogens with one attached hydrogen (secondary N) is 2. The van der Waals surface area contributed by atoms with Gasteiger partial charge in [0.1, 0.15) is 5.82 Å². The van der Waals surface area contributed by atoms with Crippen LogP contribution in [0.4, 0.5) is 10.1 Å². The fourth-order valence-corrected chi connectivity index (χ4v) is 3.57. The van der Waals surface area contributed by atoms with Gasteiger partial charge in [-0.25, -0.2) is 4.39 Å². The Balaban J connectivity index is 1.61. The molecule has 3 atom stereocenters. The molecule has 0 bridgehead atoms.